The van der Waals surface area contributed by atoms with Gasteiger partial charge in [0.1, 0.15) is 9.75 Å². The van der Waals surface area contributed by atoms with Crippen LogP contribution in [-0.2, 0) is 15.8 Å². The Bertz CT molecular complexity index is 933. The first kappa shape index (κ1) is 20.9. The third-order valence-corrected chi connectivity index (χ3v) is 9.60. The van der Waals surface area contributed by atoms with Crippen LogP contribution in [0.2, 0.25) is 0 Å². The lowest BCUT2D eigenvalue weighted by molar-refractivity contribution is -0.137. The Morgan fingerprint density at radius 2 is 1.36 bits per heavy atom. The van der Waals surface area contributed by atoms with Crippen LogP contribution in [0.3, 0.4) is 0 Å². The number of carbonyl (C=O) groups is 2. The SMILES string of the molecule is O=C1[C@@H]2[C@@H](C(=O)N1c1cccc(C(F)(F)F)c1)[C@]1(Cl)C(Cl)=C(Cl)[C@]2(Cl)C1(Cl)Cl. The van der Waals surface area contributed by atoms with E-state index in [1.807, 2.05) is 0 Å². The number of carbonyl (C=O) groups excluding carboxylic acids is 2. The van der Waals surface area contributed by atoms with Gasteiger partial charge in [0.15, 0.2) is 4.33 Å². The lowest BCUT2D eigenvalue weighted by Gasteiger charge is -2.34. The molecule has 1 heterocycles. The van der Waals surface area contributed by atoms with E-state index in [1.165, 1.54) is 6.07 Å². The molecule has 1 aliphatic heterocycles. The summed E-state index contributed by atoms with van der Waals surface area (Å²) in [5.41, 5.74) is -1.33. The van der Waals surface area contributed by atoms with Crippen LogP contribution in [0.15, 0.2) is 34.3 Å². The average molecular weight is 514 g/mol. The zero-order valence-electron chi connectivity index (χ0n) is 13.1. The van der Waals surface area contributed by atoms with Crippen molar-refractivity contribution in [1.82, 2.24) is 0 Å². The monoisotopic (exact) mass is 511 g/mol. The maximum absolute atomic E-state index is 13.1. The number of fused-ring (bicyclic) bond motifs is 5. The van der Waals surface area contributed by atoms with Gasteiger partial charge in [-0.3, -0.25) is 9.59 Å². The minimum absolute atomic E-state index is 0.274. The Balaban J connectivity index is 1.87. The van der Waals surface area contributed by atoms with Gasteiger partial charge in [-0.25, -0.2) is 4.90 Å². The summed E-state index contributed by atoms with van der Waals surface area (Å²) in [6, 6.07) is 3.73. The van der Waals surface area contributed by atoms with Crippen molar-refractivity contribution in [3.63, 3.8) is 0 Å². The van der Waals surface area contributed by atoms with Gasteiger partial charge >= 0.3 is 6.18 Å². The molecule has 12 heteroatoms. The van der Waals surface area contributed by atoms with Gasteiger partial charge in [0.05, 0.1) is 33.2 Å². The number of hydrogen-bond acceptors (Lipinski definition) is 2. The molecule has 150 valence electrons. The quantitative estimate of drug-likeness (QED) is 0.359. The van der Waals surface area contributed by atoms with Crippen molar-refractivity contribution in [3.8, 4) is 0 Å². The zero-order valence-corrected chi connectivity index (χ0v) is 17.7. The van der Waals surface area contributed by atoms with Gasteiger partial charge in [-0.05, 0) is 18.2 Å². The van der Waals surface area contributed by atoms with E-state index < -0.39 is 49.5 Å². The molecule has 0 N–H and O–H groups in total. The first-order chi connectivity index (χ1) is 12.7. The molecule has 0 radical (unpaired) electrons. The highest BCUT2D eigenvalue weighted by Gasteiger charge is 2.87. The van der Waals surface area contributed by atoms with Gasteiger partial charge in [-0.15, -0.1) is 23.2 Å². The van der Waals surface area contributed by atoms with Crippen LogP contribution in [-0.4, -0.2) is 25.9 Å². The van der Waals surface area contributed by atoms with Crippen LogP contribution in [0, 0.1) is 11.8 Å². The molecular formula is C16H6Cl6F3NO2. The highest BCUT2D eigenvalue weighted by atomic mass is 35.5. The fourth-order valence-electron chi connectivity index (χ4n) is 4.07. The van der Waals surface area contributed by atoms with Crippen molar-refractivity contribution in [1.29, 1.82) is 0 Å². The summed E-state index contributed by atoms with van der Waals surface area (Å²) in [5, 5.41) is -0.548. The molecule has 4 atom stereocenters. The predicted molar refractivity (Wildman–Crippen MR) is 101 cm³/mol. The number of halogens is 9. The largest absolute Gasteiger partial charge is 0.416 e. The third-order valence-electron chi connectivity index (χ3n) is 5.34. The summed E-state index contributed by atoms with van der Waals surface area (Å²) in [4.78, 5) is 22.7. The van der Waals surface area contributed by atoms with Crippen molar-refractivity contribution in [2.45, 2.75) is 20.3 Å². The van der Waals surface area contributed by atoms with Crippen molar-refractivity contribution in [2.24, 2.45) is 11.8 Å². The summed E-state index contributed by atoms with van der Waals surface area (Å²) in [6.07, 6.45) is -4.67. The second kappa shape index (κ2) is 5.86. The van der Waals surface area contributed by atoms with Gasteiger partial charge in [-0.2, -0.15) is 13.2 Å². The lowest BCUT2D eigenvalue weighted by atomic mass is 9.84. The van der Waals surface area contributed by atoms with Crippen LogP contribution >= 0.6 is 69.6 Å². The van der Waals surface area contributed by atoms with E-state index in [4.69, 9.17) is 69.6 Å². The zero-order chi connectivity index (χ0) is 21.0. The molecule has 2 bridgehead atoms. The minimum atomic E-state index is -4.67. The fourth-order valence-corrected chi connectivity index (χ4v) is 7.00. The number of allylic oxidation sites excluding steroid dienone is 2. The number of anilines is 1. The Hall–Kier alpha value is -0.370. The predicted octanol–water partition coefficient (Wildman–Crippen LogP) is 5.66. The summed E-state index contributed by atoms with van der Waals surface area (Å²) in [5.74, 6) is -4.64. The molecule has 2 fully saturated rings. The molecule has 3 aliphatic rings. The lowest BCUT2D eigenvalue weighted by Crippen LogP contribution is -2.50. The smallest absolute Gasteiger partial charge is 0.274 e. The Kier molecular flexibility index (Phi) is 4.37. The van der Waals surface area contributed by atoms with E-state index in [2.05, 4.69) is 0 Å². The fraction of sp³-hybridized carbons (Fsp3) is 0.375. The molecule has 3 nitrogen and oxygen atoms in total. The van der Waals surface area contributed by atoms with Crippen molar-refractivity contribution in [3.05, 3.63) is 39.9 Å². The number of rotatable bonds is 1. The summed E-state index contributed by atoms with van der Waals surface area (Å²) < 4.78 is 37.0. The molecule has 1 aromatic rings. The van der Waals surface area contributed by atoms with Gasteiger partial charge < -0.3 is 0 Å². The Morgan fingerprint density at radius 3 is 1.79 bits per heavy atom. The normalized spacial score (nSPS) is 36.5. The molecule has 0 unspecified atom stereocenters. The highest BCUT2D eigenvalue weighted by Crippen LogP contribution is 2.77. The summed E-state index contributed by atoms with van der Waals surface area (Å²) >= 11 is 38.1. The van der Waals surface area contributed by atoms with E-state index in [-0.39, 0.29) is 15.8 Å². The van der Waals surface area contributed by atoms with Crippen LogP contribution in [0.5, 0.6) is 0 Å². The van der Waals surface area contributed by atoms with Gasteiger partial charge in [-0.1, -0.05) is 52.5 Å². The Morgan fingerprint density at radius 1 is 0.893 bits per heavy atom. The molecule has 1 saturated heterocycles. The minimum Gasteiger partial charge on any atom is -0.274 e. The number of nitrogens with zero attached hydrogens (tertiary/aromatic N) is 1. The average Bonchev–Trinajstić information content (AvgIpc) is 2.99. The van der Waals surface area contributed by atoms with Crippen LogP contribution < -0.4 is 4.90 Å². The number of amides is 2. The van der Waals surface area contributed by atoms with Crippen molar-refractivity contribution < 1.29 is 22.8 Å². The third kappa shape index (κ3) is 2.12. The molecule has 2 amide bonds. The van der Waals surface area contributed by atoms with Crippen LogP contribution in [0.4, 0.5) is 18.9 Å². The number of hydrogen-bond donors (Lipinski definition) is 0. The van der Waals surface area contributed by atoms with E-state index in [1.54, 1.807) is 0 Å². The molecule has 0 aromatic heterocycles. The maximum atomic E-state index is 13.1. The molecule has 28 heavy (non-hydrogen) atoms. The van der Waals surface area contributed by atoms with Gasteiger partial charge in [0.25, 0.3) is 0 Å². The van der Waals surface area contributed by atoms with E-state index >= 15 is 0 Å². The molecule has 4 rings (SSSR count). The van der Waals surface area contributed by atoms with E-state index in [0.717, 1.165) is 12.1 Å². The van der Waals surface area contributed by atoms with Gasteiger partial charge in [0, 0.05) is 0 Å². The number of imide groups is 1. The molecule has 1 saturated carbocycles. The van der Waals surface area contributed by atoms with Crippen LogP contribution in [0.25, 0.3) is 0 Å². The van der Waals surface area contributed by atoms with E-state index in [9.17, 15) is 22.8 Å². The second-order valence-electron chi connectivity index (χ2n) is 6.64. The topological polar surface area (TPSA) is 37.4 Å². The highest BCUT2D eigenvalue weighted by molar-refractivity contribution is 6.67. The number of benzene rings is 1. The summed E-state index contributed by atoms with van der Waals surface area (Å²) in [6.45, 7) is 0. The molecular weight excluding hydrogens is 508 g/mol. The summed E-state index contributed by atoms with van der Waals surface area (Å²) in [7, 11) is 0. The Labute approximate surface area is 186 Å². The van der Waals surface area contributed by atoms with Crippen molar-refractivity contribution in [2.75, 3.05) is 4.90 Å². The first-order valence-corrected chi connectivity index (χ1v) is 9.86. The molecule has 1 aromatic carbocycles. The first-order valence-electron chi connectivity index (χ1n) is 7.59. The van der Waals surface area contributed by atoms with Crippen molar-refractivity contribution >= 4 is 87.1 Å². The number of alkyl halides is 7. The maximum Gasteiger partial charge on any atom is 0.416 e. The van der Waals surface area contributed by atoms with E-state index in [0.29, 0.717) is 11.0 Å². The molecule has 2 aliphatic carbocycles. The standard InChI is InChI=1S/C16H6Cl6F3NO2/c17-9-10(18)14(20)8-7(13(9,19)16(14,21)22)11(27)26(12(8)28)6-3-1-2-5(4-6)15(23,24)25/h1-4,7-8H/t7-,8-,13-,14-/m0/s1. The van der Waals surface area contributed by atoms with Crippen LogP contribution in [0.1, 0.15) is 5.56 Å². The molecule has 0 spiro atoms. The van der Waals surface area contributed by atoms with Gasteiger partial charge in [0.2, 0.25) is 11.8 Å². The second-order valence-corrected chi connectivity index (χ2v) is 9.92.